The lowest BCUT2D eigenvalue weighted by Crippen LogP contribution is -2.50. The van der Waals surface area contributed by atoms with Crippen LogP contribution in [0.25, 0.3) is 78.7 Å². The largest absolute Gasteiger partial charge is 0.508 e. The van der Waals surface area contributed by atoms with Crippen LogP contribution < -0.4 is 27.1 Å². The van der Waals surface area contributed by atoms with Crippen molar-refractivity contribution in [1.82, 2.24) is 79.3 Å². The molecule has 3 amide bonds. The number of pyridine rings is 4. The first-order chi connectivity index (χ1) is 70.7. The molecule has 10 N–H and O–H groups in total. The predicted octanol–water partition coefficient (Wildman–Crippen LogP) is 13.4. The molecule has 38 heteroatoms. The highest BCUT2D eigenvalue weighted by Gasteiger charge is 2.54. The molecule has 6 aromatic carbocycles. The van der Waals surface area contributed by atoms with E-state index < -0.39 is 58.8 Å². The van der Waals surface area contributed by atoms with Crippen LogP contribution in [0.4, 0.5) is 0 Å². The average molecular weight is 2040 g/mol. The number of phenols is 6. The number of amides is 3. The zero-order valence-electron chi connectivity index (χ0n) is 84.4. The molecule has 4 fully saturated rings. The van der Waals surface area contributed by atoms with Crippen LogP contribution in [0.2, 0.25) is 0 Å². The summed E-state index contributed by atoms with van der Waals surface area (Å²) in [7, 11) is 0. The Morgan fingerprint density at radius 3 is 1.24 bits per heavy atom. The average Bonchev–Trinajstić information content (AvgIpc) is 1.53. The van der Waals surface area contributed by atoms with E-state index in [9.17, 15) is 83.7 Å². The Bertz CT molecular complexity index is 7350. The van der Waals surface area contributed by atoms with Gasteiger partial charge in [-0.25, -0.2) is 19.6 Å². The van der Waals surface area contributed by atoms with Crippen LogP contribution in [0.1, 0.15) is 233 Å². The van der Waals surface area contributed by atoms with Gasteiger partial charge in [0.15, 0.2) is 11.6 Å². The molecule has 0 radical (unpaired) electrons. The number of cyclic esters (lactones) is 2. The molecule has 776 valence electrons. The lowest BCUT2D eigenvalue weighted by Gasteiger charge is -2.39. The number of aryl methyl sites for hydroxylation is 2. The van der Waals surface area contributed by atoms with Crippen LogP contribution in [0, 0.1) is 23.7 Å². The number of carboxylic acids is 1. The van der Waals surface area contributed by atoms with E-state index in [0.717, 1.165) is 57.2 Å². The highest BCUT2D eigenvalue weighted by Crippen LogP contribution is 2.49. The second-order valence-electron chi connectivity index (χ2n) is 39.6. The molecule has 2 atom stereocenters. The second-order valence-corrected chi connectivity index (χ2v) is 39.6. The van der Waals surface area contributed by atoms with E-state index in [0.29, 0.717) is 220 Å². The van der Waals surface area contributed by atoms with Gasteiger partial charge in [-0.2, -0.15) is 0 Å². The van der Waals surface area contributed by atoms with E-state index in [1.54, 1.807) is 92.8 Å². The Labute approximate surface area is 859 Å². The number of halogens is 1. The topological polar surface area (TPSA) is 492 Å². The summed E-state index contributed by atoms with van der Waals surface area (Å²) in [6.07, 6.45) is 6.17. The summed E-state index contributed by atoms with van der Waals surface area (Å²) in [5.41, 5.74) is 10.0. The number of aliphatic carboxylic acids is 1. The molecule has 8 aliphatic heterocycles. The number of piperidine rings is 4. The number of nitrogens with zero attached hydrogens (tertiary/aromatic N) is 13. The number of carboxylic acid groups (broad SMARTS) is 1. The lowest BCUT2D eigenvalue weighted by molar-refractivity contribution is -0.193. The number of hydrogen-bond acceptors (Lipinski definition) is 29. The van der Waals surface area contributed by atoms with Crippen LogP contribution >= 0.6 is 12.4 Å². The third-order valence-corrected chi connectivity index (χ3v) is 30.1. The van der Waals surface area contributed by atoms with Crippen LogP contribution in [0.3, 0.4) is 0 Å². The summed E-state index contributed by atoms with van der Waals surface area (Å²) >= 11 is 0. The minimum atomic E-state index is -1.84. The van der Waals surface area contributed by atoms with Gasteiger partial charge in [0.2, 0.25) is 28.8 Å². The van der Waals surface area contributed by atoms with Crippen LogP contribution in [0.15, 0.2) is 131 Å². The molecular formula is C110H123ClN16O21. The van der Waals surface area contributed by atoms with E-state index >= 15 is 0 Å². The summed E-state index contributed by atoms with van der Waals surface area (Å²) < 4.78 is 29.8. The van der Waals surface area contributed by atoms with E-state index in [4.69, 9.17) is 28.9 Å². The molecular weight excluding hydrogens is 1920 g/mol. The van der Waals surface area contributed by atoms with Crippen molar-refractivity contribution in [2.24, 2.45) is 23.7 Å². The molecule has 0 saturated carbocycles. The number of rotatable bonds is 24. The summed E-state index contributed by atoms with van der Waals surface area (Å²) in [5, 5.41) is 99.3. The number of likely N-dealkylation sites (tertiary alicyclic amines) is 3. The molecule has 37 nitrogen and oxygen atoms in total. The highest BCUT2D eigenvalue weighted by molar-refractivity contribution is 5.96. The SMILES string of the molecule is CCNC(=O)c1nnc(-c2cc(C(C)C)c(O)cc2O)n1-c1ccc(CN2CCC(C(=O)N3CCC(C(=O)OC4(CC)C(=O)OCc5c4cc4n(c5=O)Cc5c-4nc4ccc(O)cc4c5CC)CC3)CC2)cc1.CCNC(=O)c1nnc(-c2cc(C(C)C)c(O)cc2O)n1-c1ccc(CN2CCC(C(=O)O)CC2)cc1.CCc1c2c(nc3ccc(O)cc13)-c1cc3c(c(=O)n1C2)COC(=O)C3(CC)OC(=O)C1CCNCC1.Cl. The molecule has 8 aliphatic rings. The number of fused-ring (bicyclic) bond motifs is 10. The van der Waals surface area contributed by atoms with Crippen molar-refractivity contribution in [3.8, 4) is 91.4 Å². The number of ether oxygens (including phenoxy) is 4. The number of carbonyl (C=O) groups is 8. The third-order valence-electron chi connectivity index (χ3n) is 30.1. The Morgan fingerprint density at radius 1 is 0.466 bits per heavy atom. The van der Waals surface area contributed by atoms with Gasteiger partial charge in [0.05, 0.1) is 86.9 Å². The number of nitrogens with one attached hydrogen (secondary N) is 3. The smallest absolute Gasteiger partial charge is 0.355 e. The van der Waals surface area contributed by atoms with Gasteiger partial charge in [-0.15, -0.1) is 32.8 Å². The summed E-state index contributed by atoms with van der Waals surface area (Å²) in [5.74, 6) is -4.68. The molecule has 2 unspecified atom stereocenters. The van der Waals surface area contributed by atoms with Crippen molar-refractivity contribution in [2.45, 2.75) is 209 Å². The predicted molar refractivity (Wildman–Crippen MR) is 549 cm³/mol. The molecule has 148 heavy (non-hydrogen) atoms. The molecule has 20 rings (SSSR count). The van der Waals surface area contributed by atoms with Crippen LogP contribution in [-0.4, -0.2) is 212 Å². The van der Waals surface area contributed by atoms with Crippen molar-refractivity contribution in [3.63, 3.8) is 0 Å². The first-order valence-corrected chi connectivity index (χ1v) is 50.8. The van der Waals surface area contributed by atoms with Crippen molar-refractivity contribution >= 4 is 81.8 Å². The number of aromatic nitrogens is 10. The Hall–Kier alpha value is -15.0. The van der Waals surface area contributed by atoms with Gasteiger partial charge in [-0.3, -0.25) is 57.3 Å². The van der Waals surface area contributed by atoms with Crippen molar-refractivity contribution in [2.75, 3.05) is 65.4 Å². The summed E-state index contributed by atoms with van der Waals surface area (Å²) in [6.45, 7) is 26.3. The molecule has 14 heterocycles. The standard InChI is InChI=1S/C55H60N8O10.C28H29N3O6.C27H33N5O5.ClH/c1-6-36-38-23-35(64)13-14-43(38)57-47-40(36)28-62-44(47)25-42-41(52(62)69)29-72-54(71)55(42,7-2)73-53(70)33-17-21-61(22-18-33)51(68)32-15-19-60(20-16-32)27-31-9-11-34(12-10-31)63-48(58-59-49(63)50(67)56-8-3)39-24-37(30(4)5)45(65)26-46(39)66;1-3-17-18-11-16(32)5-6-22(18)30-24-19(17)13-31-23(24)12-21-20(25(31)33)14-36-27(35)28(21,4-2)37-26(34)15-7-9-29-10-8-15;1-4-28-26(35)25-30-29-24(21-13-20(16(2)3)22(33)14-23(21)34)32(25)19-7-5-17(6-8-19)15-31-11-9-18(10-12-31)27(36)37;/h9-14,23-26,30,32-33,64-66H,6-8,15-22,27-29H2,1-5H3,(H,56,67);5-6,11-12,15,29,32H,3-4,7-10,13-14H2,1-2H3;5-8,13-14,16,18,33-34H,4,9-12,15H2,1-3H3,(H,28,35)(H,36,37);1H. The van der Waals surface area contributed by atoms with E-state index in [-0.39, 0.29) is 155 Å². The second kappa shape index (κ2) is 43.2. The zero-order valence-corrected chi connectivity index (χ0v) is 85.2. The van der Waals surface area contributed by atoms with Crippen LogP contribution in [-0.2, 0) is 111 Å². The molecule has 12 aromatic rings. The monoisotopic (exact) mass is 2040 g/mol. The number of carbonyl (C=O) groups excluding carboxylic acids is 7. The van der Waals surface area contributed by atoms with Gasteiger partial charge in [0.25, 0.3) is 22.9 Å². The number of benzene rings is 6. The maximum absolute atomic E-state index is 14.2. The number of aromatic hydroxyl groups is 6. The zero-order chi connectivity index (χ0) is 104. The molecule has 6 aromatic heterocycles. The molecule has 0 bridgehead atoms. The highest BCUT2D eigenvalue weighted by atomic mass is 35.5. The number of phenolic OH excluding ortho intramolecular Hbond substituents is 6. The molecule has 4 saturated heterocycles. The summed E-state index contributed by atoms with van der Waals surface area (Å²) in [6, 6.07) is 34.9. The Balaban J connectivity index is 0.000000167. The van der Waals surface area contributed by atoms with Gasteiger partial charge < -0.3 is 84.7 Å². The molecule has 0 spiro atoms. The van der Waals surface area contributed by atoms with E-state index in [1.165, 1.54) is 12.1 Å². The van der Waals surface area contributed by atoms with E-state index in [2.05, 4.69) is 46.1 Å². The van der Waals surface area contributed by atoms with Crippen LogP contribution in [0.5, 0.6) is 34.5 Å². The number of hydrogen-bond donors (Lipinski definition) is 10. The Kier molecular flexibility index (Phi) is 30.5. The molecule has 0 aliphatic carbocycles. The quantitative estimate of drug-likeness (QED) is 0.0198. The normalized spacial score (nSPS) is 17.8. The van der Waals surface area contributed by atoms with E-state index in [1.807, 2.05) is 109 Å². The van der Waals surface area contributed by atoms with Gasteiger partial charge in [-0.05, 0) is 260 Å². The van der Waals surface area contributed by atoms with Crippen molar-refractivity contribution < 1.29 is 93.0 Å². The third kappa shape index (κ3) is 19.7. The van der Waals surface area contributed by atoms with Crippen molar-refractivity contribution in [3.05, 3.63) is 220 Å². The summed E-state index contributed by atoms with van der Waals surface area (Å²) in [4.78, 5) is 150. The maximum atomic E-state index is 14.2. The van der Waals surface area contributed by atoms with Gasteiger partial charge in [0, 0.05) is 102 Å². The Morgan fingerprint density at radius 2 is 0.858 bits per heavy atom. The lowest BCUT2D eigenvalue weighted by atomic mass is 9.85. The van der Waals surface area contributed by atoms with Gasteiger partial charge in [-0.1, -0.05) is 79.7 Å². The minimum absolute atomic E-state index is 0. The fourth-order valence-electron chi connectivity index (χ4n) is 21.9. The minimum Gasteiger partial charge on any atom is -0.508 e. The fraction of sp³-hybridized carbons (Fsp3) is 0.418. The van der Waals surface area contributed by atoms with Gasteiger partial charge in [0.1, 0.15) is 47.7 Å². The first kappa shape index (κ1) is 104. The number of esters is 4. The van der Waals surface area contributed by atoms with Gasteiger partial charge >= 0.3 is 29.8 Å². The fourth-order valence-corrected chi connectivity index (χ4v) is 21.9. The van der Waals surface area contributed by atoms with Crippen molar-refractivity contribution in [1.29, 1.82) is 0 Å². The first-order valence-electron chi connectivity index (χ1n) is 50.8. The maximum Gasteiger partial charge on any atom is 0.355 e.